The lowest BCUT2D eigenvalue weighted by Gasteiger charge is -2.16. The van der Waals surface area contributed by atoms with E-state index < -0.39 is 0 Å². The summed E-state index contributed by atoms with van der Waals surface area (Å²) in [5, 5.41) is 3.55. The van der Waals surface area contributed by atoms with Crippen molar-refractivity contribution in [2.45, 2.75) is 33.7 Å². The highest BCUT2D eigenvalue weighted by Crippen LogP contribution is 2.27. The van der Waals surface area contributed by atoms with Gasteiger partial charge in [0, 0.05) is 33.3 Å². The molecule has 0 unspecified atom stereocenters. The third kappa shape index (κ3) is 3.54. The van der Waals surface area contributed by atoms with E-state index in [1.165, 1.54) is 16.7 Å². The third-order valence-electron chi connectivity index (χ3n) is 5.21. The van der Waals surface area contributed by atoms with Gasteiger partial charge in [0.2, 0.25) is 0 Å². The molecule has 3 rings (SSSR count). The smallest absolute Gasteiger partial charge is 0.253 e. The van der Waals surface area contributed by atoms with E-state index in [1.54, 1.807) is 19.0 Å². The van der Waals surface area contributed by atoms with Crippen LogP contribution in [0.5, 0.6) is 0 Å². The van der Waals surface area contributed by atoms with Crippen LogP contribution >= 0.6 is 0 Å². The number of hydrogen-bond acceptors (Lipinski definition) is 3. The molecule has 1 amide bonds. The highest BCUT2D eigenvalue weighted by atomic mass is 16.2. The van der Waals surface area contributed by atoms with Crippen LogP contribution in [0.3, 0.4) is 0 Å². The van der Waals surface area contributed by atoms with Crippen molar-refractivity contribution in [2.75, 3.05) is 19.4 Å². The van der Waals surface area contributed by atoms with Gasteiger partial charge in [-0.15, -0.1) is 0 Å². The molecular weight excluding hydrogens is 336 g/mol. The van der Waals surface area contributed by atoms with Crippen LogP contribution in [0.2, 0.25) is 0 Å². The summed E-state index contributed by atoms with van der Waals surface area (Å²) in [6.07, 6.45) is 0.996. The molecule has 0 saturated heterocycles. The van der Waals surface area contributed by atoms with Crippen LogP contribution in [-0.2, 0) is 20.0 Å². The normalized spacial score (nSPS) is 11.0. The molecule has 0 bridgehead atoms. The Bertz CT molecular complexity index is 1000. The van der Waals surface area contributed by atoms with Crippen molar-refractivity contribution in [1.29, 1.82) is 0 Å². The molecule has 0 saturated carbocycles. The Morgan fingerprint density at radius 3 is 2.63 bits per heavy atom. The quantitative estimate of drug-likeness (QED) is 0.742. The molecule has 0 spiro atoms. The summed E-state index contributed by atoms with van der Waals surface area (Å²) < 4.78 is 2.03. The minimum atomic E-state index is -0.0102. The van der Waals surface area contributed by atoms with Gasteiger partial charge in [-0.25, -0.2) is 4.98 Å². The van der Waals surface area contributed by atoms with E-state index in [4.69, 9.17) is 4.98 Å². The number of aromatic nitrogens is 2. The van der Waals surface area contributed by atoms with Gasteiger partial charge in [-0.05, 0) is 49.1 Å². The monoisotopic (exact) mass is 364 g/mol. The van der Waals surface area contributed by atoms with Crippen LogP contribution in [0.1, 0.15) is 39.8 Å². The Morgan fingerprint density at radius 2 is 1.96 bits per heavy atom. The fourth-order valence-corrected chi connectivity index (χ4v) is 3.45. The number of fused-ring (bicyclic) bond motifs is 1. The molecule has 142 valence electrons. The average Bonchev–Trinajstić information content (AvgIpc) is 2.94. The first-order valence-corrected chi connectivity index (χ1v) is 9.33. The molecular formula is C22H28N4O. The maximum Gasteiger partial charge on any atom is 0.253 e. The molecule has 5 nitrogen and oxygen atoms in total. The minimum Gasteiger partial charge on any atom is -0.379 e. The van der Waals surface area contributed by atoms with Crippen LogP contribution in [0.4, 0.5) is 5.69 Å². The first-order valence-electron chi connectivity index (χ1n) is 9.33. The zero-order valence-electron chi connectivity index (χ0n) is 17.1. The van der Waals surface area contributed by atoms with Gasteiger partial charge in [-0.1, -0.05) is 25.1 Å². The summed E-state index contributed by atoms with van der Waals surface area (Å²) in [5.74, 6) is 0.914. The topological polar surface area (TPSA) is 50.2 Å². The number of nitrogens with one attached hydrogen (secondary N) is 1. The predicted octanol–water partition coefficient (Wildman–Crippen LogP) is 4.07. The second kappa shape index (κ2) is 7.43. The minimum absolute atomic E-state index is 0.0102. The van der Waals surface area contributed by atoms with Crippen LogP contribution in [0.25, 0.3) is 11.0 Å². The third-order valence-corrected chi connectivity index (χ3v) is 5.21. The summed E-state index contributed by atoms with van der Waals surface area (Å²) in [6, 6.07) is 10.3. The van der Waals surface area contributed by atoms with Crippen molar-refractivity contribution >= 4 is 22.6 Å². The molecule has 0 atom stereocenters. The van der Waals surface area contributed by atoms with E-state index in [0.717, 1.165) is 29.0 Å². The molecule has 0 fully saturated rings. The summed E-state index contributed by atoms with van der Waals surface area (Å²) >= 11 is 0. The molecule has 5 heteroatoms. The van der Waals surface area contributed by atoms with Gasteiger partial charge in [-0.3, -0.25) is 4.79 Å². The first-order chi connectivity index (χ1) is 12.8. The first kappa shape index (κ1) is 19.0. The molecule has 3 aromatic rings. The lowest BCUT2D eigenvalue weighted by Crippen LogP contribution is -2.21. The SMILES string of the molecule is CCc1cccc(C)c1CNc1cc(C(=O)N(C)C)cc2c1nc(C)n2C. The second-order valence-electron chi connectivity index (χ2n) is 7.23. The van der Waals surface area contributed by atoms with E-state index in [-0.39, 0.29) is 5.91 Å². The predicted molar refractivity (Wildman–Crippen MR) is 111 cm³/mol. The molecule has 1 heterocycles. The van der Waals surface area contributed by atoms with Gasteiger partial charge < -0.3 is 14.8 Å². The number of nitrogens with zero attached hydrogens (tertiary/aromatic N) is 3. The standard InChI is InChI=1S/C22H28N4O/c1-7-16-10-8-9-14(2)18(16)13-23-19-11-17(22(27)25(4)5)12-20-21(19)24-15(3)26(20)6/h8-12,23H,7,13H2,1-6H3. The number of hydrogen-bond donors (Lipinski definition) is 1. The van der Waals surface area contributed by atoms with Crippen LogP contribution in [0.15, 0.2) is 30.3 Å². The Hall–Kier alpha value is -2.82. The summed E-state index contributed by atoms with van der Waals surface area (Å²) in [6.45, 7) is 7.01. The summed E-state index contributed by atoms with van der Waals surface area (Å²) in [4.78, 5) is 18.9. The van der Waals surface area contributed by atoms with Crippen molar-refractivity contribution in [3.63, 3.8) is 0 Å². The Labute approximate surface area is 161 Å². The Morgan fingerprint density at radius 1 is 1.22 bits per heavy atom. The van der Waals surface area contributed by atoms with Gasteiger partial charge in [0.15, 0.2) is 0 Å². The number of imidazole rings is 1. The van der Waals surface area contributed by atoms with E-state index in [0.29, 0.717) is 12.1 Å². The largest absolute Gasteiger partial charge is 0.379 e. The molecule has 0 aliphatic rings. The number of carbonyl (C=O) groups is 1. The second-order valence-corrected chi connectivity index (χ2v) is 7.23. The zero-order chi connectivity index (χ0) is 19.7. The van der Waals surface area contributed by atoms with Gasteiger partial charge in [0.1, 0.15) is 11.3 Å². The molecule has 0 radical (unpaired) electrons. The number of anilines is 1. The lowest BCUT2D eigenvalue weighted by molar-refractivity contribution is 0.0828. The molecule has 1 N–H and O–H groups in total. The van der Waals surface area contributed by atoms with Crippen molar-refractivity contribution < 1.29 is 4.79 Å². The van der Waals surface area contributed by atoms with E-state index in [1.807, 2.05) is 30.7 Å². The van der Waals surface area contributed by atoms with Gasteiger partial charge in [0.25, 0.3) is 5.91 Å². The van der Waals surface area contributed by atoms with Gasteiger partial charge in [0.05, 0.1) is 11.2 Å². The van der Waals surface area contributed by atoms with Crippen molar-refractivity contribution in [2.24, 2.45) is 7.05 Å². The molecule has 2 aromatic carbocycles. The van der Waals surface area contributed by atoms with Gasteiger partial charge in [-0.2, -0.15) is 0 Å². The maximum absolute atomic E-state index is 12.6. The van der Waals surface area contributed by atoms with E-state index >= 15 is 0 Å². The van der Waals surface area contributed by atoms with Crippen molar-refractivity contribution in [3.8, 4) is 0 Å². The number of amides is 1. The average molecular weight is 364 g/mol. The number of benzene rings is 2. The van der Waals surface area contributed by atoms with Crippen LogP contribution in [-0.4, -0.2) is 34.5 Å². The molecule has 1 aromatic heterocycles. The number of rotatable bonds is 5. The fraction of sp³-hybridized carbons (Fsp3) is 0.364. The Kier molecular flexibility index (Phi) is 5.22. The zero-order valence-corrected chi connectivity index (χ0v) is 17.1. The summed E-state index contributed by atoms with van der Waals surface area (Å²) in [5.41, 5.74) is 7.35. The van der Waals surface area contributed by atoms with E-state index in [9.17, 15) is 4.79 Å². The number of carbonyl (C=O) groups excluding carboxylic acids is 1. The fourth-order valence-electron chi connectivity index (χ4n) is 3.45. The number of aryl methyl sites for hydroxylation is 4. The highest BCUT2D eigenvalue weighted by molar-refractivity contribution is 6.01. The Balaban J connectivity index is 2.05. The molecule has 27 heavy (non-hydrogen) atoms. The van der Waals surface area contributed by atoms with Crippen molar-refractivity contribution in [3.05, 3.63) is 58.4 Å². The van der Waals surface area contributed by atoms with Gasteiger partial charge >= 0.3 is 0 Å². The lowest BCUT2D eigenvalue weighted by atomic mass is 10.00. The molecule has 0 aliphatic heterocycles. The van der Waals surface area contributed by atoms with Crippen LogP contribution in [0, 0.1) is 13.8 Å². The maximum atomic E-state index is 12.6. The van der Waals surface area contributed by atoms with Crippen LogP contribution < -0.4 is 5.32 Å². The molecule has 0 aliphatic carbocycles. The van der Waals surface area contributed by atoms with E-state index in [2.05, 4.69) is 37.4 Å². The highest BCUT2D eigenvalue weighted by Gasteiger charge is 2.16. The summed E-state index contributed by atoms with van der Waals surface area (Å²) in [7, 11) is 5.53. The van der Waals surface area contributed by atoms with Crippen molar-refractivity contribution in [1.82, 2.24) is 14.5 Å².